The first-order valence-corrected chi connectivity index (χ1v) is 9.01. The van der Waals surface area contributed by atoms with Gasteiger partial charge in [0.05, 0.1) is 0 Å². The molecule has 2 N–H and O–H groups in total. The van der Waals surface area contributed by atoms with Crippen LogP contribution in [0.4, 0.5) is 15.3 Å². The highest BCUT2D eigenvalue weighted by Crippen LogP contribution is 2.36. The van der Waals surface area contributed by atoms with Crippen LogP contribution in [-0.2, 0) is 14.4 Å². The van der Waals surface area contributed by atoms with E-state index in [1.165, 1.54) is 0 Å². The van der Waals surface area contributed by atoms with E-state index in [-0.39, 0.29) is 0 Å². The van der Waals surface area contributed by atoms with Gasteiger partial charge in [0.1, 0.15) is 17.0 Å². The molecule has 2 aliphatic rings. The number of hydrogen-bond donors (Lipinski definition) is 2. The topological polar surface area (TPSA) is 113 Å². The number of thioether (sulfide) groups is 2. The van der Waals surface area contributed by atoms with Crippen LogP contribution in [-0.4, -0.2) is 50.1 Å². The number of aryl methyl sites for hydroxylation is 1. The molecule has 25 heavy (non-hydrogen) atoms. The molecule has 8 nitrogen and oxygen atoms in total. The fraction of sp³-hybridized carbons (Fsp3) is 0.267. The number of amides is 5. The zero-order valence-corrected chi connectivity index (χ0v) is 14.6. The van der Waals surface area contributed by atoms with E-state index < -0.39 is 45.2 Å². The smallest absolute Gasteiger partial charge is 0.289 e. The third-order valence-corrected chi connectivity index (χ3v) is 6.05. The van der Waals surface area contributed by atoms with Crippen LogP contribution < -0.4 is 10.6 Å². The van der Waals surface area contributed by atoms with Gasteiger partial charge >= 0.3 is 0 Å². The summed E-state index contributed by atoms with van der Waals surface area (Å²) in [4.78, 5) is 60.4. The van der Waals surface area contributed by atoms with Gasteiger partial charge in [-0.25, -0.2) is 0 Å². The summed E-state index contributed by atoms with van der Waals surface area (Å²) in [6.45, 7) is 1.38. The lowest BCUT2D eigenvalue weighted by atomic mass is 10.2. The molecule has 5 amide bonds. The summed E-state index contributed by atoms with van der Waals surface area (Å²) < 4.78 is 0. The molecule has 2 fully saturated rings. The van der Waals surface area contributed by atoms with Gasteiger partial charge in [0, 0.05) is 5.69 Å². The number of anilines is 1. The highest BCUT2D eigenvalue weighted by atomic mass is 32.2. The first-order valence-electron chi connectivity index (χ1n) is 7.26. The number of imide groups is 2. The van der Waals surface area contributed by atoms with Gasteiger partial charge in [0.15, 0.2) is 0 Å². The molecule has 10 heteroatoms. The van der Waals surface area contributed by atoms with Crippen LogP contribution in [0.1, 0.15) is 5.56 Å². The Kier molecular flexibility index (Phi) is 4.82. The van der Waals surface area contributed by atoms with Gasteiger partial charge in [0.2, 0.25) is 17.7 Å². The lowest BCUT2D eigenvalue weighted by molar-refractivity contribution is -0.131. The van der Waals surface area contributed by atoms with E-state index in [1.54, 1.807) is 12.1 Å². The van der Waals surface area contributed by atoms with Crippen molar-refractivity contribution >= 4 is 57.4 Å². The average Bonchev–Trinajstić information content (AvgIpc) is 3.02. The minimum atomic E-state index is -1.00. The summed E-state index contributed by atoms with van der Waals surface area (Å²) in [7, 11) is 0. The van der Waals surface area contributed by atoms with Gasteiger partial charge in [-0.15, -0.1) is 0 Å². The number of nitrogens with zero attached hydrogens (tertiary/aromatic N) is 1. The van der Waals surface area contributed by atoms with E-state index in [1.807, 2.05) is 19.1 Å². The molecular formula is C15H13N3O5S2. The summed E-state index contributed by atoms with van der Waals surface area (Å²) in [5.41, 5.74) is 1.44. The summed E-state index contributed by atoms with van der Waals surface area (Å²) in [6, 6.07) is 7.11. The molecule has 0 saturated carbocycles. The second-order valence-electron chi connectivity index (χ2n) is 5.41. The Morgan fingerprint density at radius 3 is 2.52 bits per heavy atom. The molecule has 2 saturated heterocycles. The van der Waals surface area contributed by atoms with E-state index in [9.17, 15) is 24.0 Å². The number of nitrogens with one attached hydrogen (secondary N) is 2. The number of benzene rings is 1. The normalized spacial score (nSPS) is 23.2. The maximum atomic E-state index is 12.4. The Balaban J connectivity index is 1.67. The monoisotopic (exact) mass is 379 g/mol. The molecule has 130 valence electrons. The van der Waals surface area contributed by atoms with Crippen LogP contribution in [0.3, 0.4) is 0 Å². The predicted octanol–water partition coefficient (Wildman–Crippen LogP) is 1.35. The molecule has 0 aliphatic carbocycles. The predicted molar refractivity (Wildman–Crippen MR) is 93.2 cm³/mol. The molecule has 2 heterocycles. The van der Waals surface area contributed by atoms with Gasteiger partial charge in [-0.05, 0) is 42.1 Å². The van der Waals surface area contributed by atoms with Gasteiger partial charge in [0.25, 0.3) is 10.5 Å². The molecule has 1 aromatic carbocycles. The van der Waals surface area contributed by atoms with Crippen LogP contribution in [0.5, 0.6) is 0 Å². The fourth-order valence-electron chi connectivity index (χ4n) is 2.42. The van der Waals surface area contributed by atoms with Gasteiger partial charge in [-0.2, -0.15) is 0 Å². The molecule has 0 spiro atoms. The van der Waals surface area contributed by atoms with E-state index in [0.29, 0.717) is 29.2 Å². The number of carbonyl (C=O) groups is 5. The van der Waals surface area contributed by atoms with Crippen molar-refractivity contribution in [3.8, 4) is 0 Å². The Hall–Kier alpha value is -2.33. The van der Waals surface area contributed by atoms with Crippen molar-refractivity contribution in [2.24, 2.45) is 0 Å². The quantitative estimate of drug-likeness (QED) is 0.812. The number of hydrogen-bond acceptors (Lipinski definition) is 7. The van der Waals surface area contributed by atoms with Crippen molar-refractivity contribution in [3.05, 3.63) is 29.8 Å². The number of carbonyl (C=O) groups excluding carboxylic acids is 5. The summed E-state index contributed by atoms with van der Waals surface area (Å²) in [6.07, 6.45) is 0. The van der Waals surface area contributed by atoms with Crippen molar-refractivity contribution in [1.29, 1.82) is 0 Å². The van der Waals surface area contributed by atoms with Gasteiger partial charge < -0.3 is 5.32 Å². The summed E-state index contributed by atoms with van der Waals surface area (Å²) in [5, 5.41) is 1.61. The molecule has 2 aliphatic heterocycles. The molecule has 0 aromatic heterocycles. The van der Waals surface area contributed by atoms with Crippen LogP contribution in [0.2, 0.25) is 0 Å². The molecule has 0 bridgehead atoms. The number of para-hydroxylation sites is 1. The molecular weight excluding hydrogens is 366 g/mol. The van der Waals surface area contributed by atoms with Crippen molar-refractivity contribution in [2.45, 2.75) is 17.4 Å². The minimum absolute atomic E-state index is 0.442. The van der Waals surface area contributed by atoms with Crippen LogP contribution >= 0.6 is 23.5 Å². The highest BCUT2D eigenvalue weighted by molar-refractivity contribution is 8.19. The van der Waals surface area contributed by atoms with E-state index in [4.69, 9.17) is 0 Å². The zero-order chi connectivity index (χ0) is 18.1. The molecule has 2 atom stereocenters. The summed E-state index contributed by atoms with van der Waals surface area (Å²) >= 11 is 1.34. The van der Waals surface area contributed by atoms with Crippen molar-refractivity contribution < 1.29 is 24.0 Å². The highest BCUT2D eigenvalue weighted by Gasteiger charge is 2.50. The lowest BCUT2D eigenvalue weighted by Crippen LogP contribution is -2.42. The maximum absolute atomic E-state index is 12.4. The van der Waals surface area contributed by atoms with Crippen LogP contribution in [0.15, 0.2) is 24.3 Å². The van der Waals surface area contributed by atoms with Crippen molar-refractivity contribution in [1.82, 2.24) is 10.2 Å². The average molecular weight is 379 g/mol. The molecule has 0 unspecified atom stereocenters. The molecule has 1 aromatic rings. The minimum Gasteiger partial charge on any atom is -0.324 e. The SMILES string of the molecule is Cc1ccccc1NC(=O)CN1C(=O)S[C@@H]([C@H]2SC(=O)NC2=O)C1=O. The Morgan fingerprint density at radius 1 is 1.16 bits per heavy atom. The van der Waals surface area contributed by atoms with Crippen molar-refractivity contribution in [2.75, 3.05) is 11.9 Å². The largest absolute Gasteiger partial charge is 0.324 e. The van der Waals surface area contributed by atoms with Crippen LogP contribution in [0.25, 0.3) is 0 Å². The zero-order valence-electron chi connectivity index (χ0n) is 13.0. The van der Waals surface area contributed by atoms with E-state index >= 15 is 0 Å². The Bertz CT molecular complexity index is 797. The second kappa shape index (κ2) is 6.89. The lowest BCUT2D eigenvalue weighted by Gasteiger charge is -2.15. The maximum Gasteiger partial charge on any atom is 0.289 e. The fourth-order valence-corrected chi connectivity index (χ4v) is 4.52. The molecule has 3 rings (SSSR count). The first kappa shape index (κ1) is 17.5. The molecule has 0 radical (unpaired) electrons. The van der Waals surface area contributed by atoms with Crippen molar-refractivity contribution in [3.63, 3.8) is 0 Å². The standard InChI is InChI=1S/C15H13N3O5S2/c1-7-4-2-3-5-8(7)16-9(19)6-18-13(21)11(25-15(18)23)10-12(20)17-14(22)24-10/h2-5,10-11H,6H2,1H3,(H,16,19)(H,17,20,22)/t10-,11+/m1/s1. The first-order chi connectivity index (χ1) is 11.9. The van der Waals surface area contributed by atoms with Gasteiger partial charge in [-0.3, -0.25) is 34.2 Å². The van der Waals surface area contributed by atoms with E-state index in [0.717, 1.165) is 10.5 Å². The summed E-state index contributed by atoms with van der Waals surface area (Å²) in [5.74, 6) is -1.76. The third-order valence-electron chi connectivity index (χ3n) is 3.67. The second-order valence-corrected chi connectivity index (χ2v) is 7.61. The number of rotatable bonds is 4. The third kappa shape index (κ3) is 3.54. The van der Waals surface area contributed by atoms with Crippen LogP contribution in [0, 0.1) is 6.92 Å². The Morgan fingerprint density at radius 2 is 1.88 bits per heavy atom. The Labute approximate surface area is 151 Å². The van der Waals surface area contributed by atoms with E-state index in [2.05, 4.69) is 10.6 Å². The van der Waals surface area contributed by atoms with Gasteiger partial charge in [-0.1, -0.05) is 18.2 Å².